The summed E-state index contributed by atoms with van der Waals surface area (Å²) in [6.07, 6.45) is 0. The van der Waals surface area contributed by atoms with Crippen LogP contribution >= 0.6 is 46.4 Å². The van der Waals surface area contributed by atoms with E-state index in [-0.39, 0.29) is 37.5 Å². The lowest BCUT2D eigenvalue weighted by atomic mass is 9.83. The second-order valence-corrected chi connectivity index (χ2v) is 9.23. The van der Waals surface area contributed by atoms with Crippen molar-refractivity contribution in [2.75, 3.05) is 0 Å². The monoisotopic (exact) mass is 492 g/mol. The summed E-state index contributed by atoms with van der Waals surface area (Å²) in [6.45, 7) is 0. The molecule has 29 heavy (non-hydrogen) atoms. The van der Waals surface area contributed by atoms with E-state index in [1.54, 1.807) is 18.2 Å². The Hall–Kier alpha value is -1.67. The van der Waals surface area contributed by atoms with Gasteiger partial charge in [0.05, 0.1) is 15.1 Å². The van der Waals surface area contributed by atoms with Crippen LogP contribution in [0, 0.1) is 0 Å². The summed E-state index contributed by atoms with van der Waals surface area (Å²) in [4.78, 5) is 0. The van der Waals surface area contributed by atoms with E-state index in [1.165, 1.54) is 18.2 Å². The van der Waals surface area contributed by atoms with Gasteiger partial charge in [0.25, 0.3) is 10.1 Å². The number of phenolic OH excluding ortho intramolecular Hbond substituents is 2. The largest absolute Gasteiger partial charge is 0.506 e. The molecular weight excluding hydrogens is 482 g/mol. The van der Waals surface area contributed by atoms with Crippen molar-refractivity contribution in [3.63, 3.8) is 0 Å². The summed E-state index contributed by atoms with van der Waals surface area (Å²) in [5.41, 5.74) is -0.326. The van der Waals surface area contributed by atoms with Crippen LogP contribution in [0.15, 0.2) is 54.6 Å². The number of phenols is 2. The maximum absolute atomic E-state index is 13.0. The summed E-state index contributed by atoms with van der Waals surface area (Å²) in [5, 5.41) is 19.0. The molecule has 5 nitrogen and oxygen atoms in total. The highest BCUT2D eigenvalue weighted by Gasteiger charge is 2.51. The van der Waals surface area contributed by atoms with E-state index >= 15 is 0 Å². The van der Waals surface area contributed by atoms with Gasteiger partial charge in [-0.25, -0.2) is 0 Å². The fourth-order valence-electron chi connectivity index (χ4n) is 3.18. The predicted octanol–water partition coefficient (Wildman–Crippen LogP) is 5.89. The Morgan fingerprint density at radius 1 is 0.759 bits per heavy atom. The third-order valence-electron chi connectivity index (χ3n) is 4.42. The Bertz CT molecular complexity index is 1200. The smallest absolute Gasteiger partial charge is 0.283 e. The molecule has 0 fully saturated rings. The van der Waals surface area contributed by atoms with Gasteiger partial charge in [-0.3, -0.25) is 4.55 Å². The number of aromatic hydroxyl groups is 2. The van der Waals surface area contributed by atoms with Crippen LogP contribution < -0.4 is 0 Å². The summed E-state index contributed by atoms with van der Waals surface area (Å²) in [5.74, 6) is -0.912. The van der Waals surface area contributed by atoms with Gasteiger partial charge < -0.3 is 10.2 Å². The van der Waals surface area contributed by atoms with Gasteiger partial charge in [-0.2, -0.15) is 8.42 Å². The molecule has 0 amide bonds. The molecule has 0 aromatic heterocycles. The van der Waals surface area contributed by atoms with E-state index < -0.39 is 25.6 Å². The van der Waals surface area contributed by atoms with Gasteiger partial charge in [0.15, 0.2) is 10.5 Å². The maximum Gasteiger partial charge on any atom is 0.283 e. The average Bonchev–Trinajstić information content (AvgIpc) is 2.65. The molecule has 0 heterocycles. The molecule has 10 heteroatoms. The molecule has 0 saturated carbocycles. The number of halogens is 4. The summed E-state index contributed by atoms with van der Waals surface area (Å²) >= 11 is 24.5. The number of hydrogen-bond acceptors (Lipinski definition) is 4. The highest BCUT2D eigenvalue weighted by atomic mass is 35.5. The highest BCUT2D eigenvalue weighted by Crippen LogP contribution is 2.53. The van der Waals surface area contributed by atoms with Crippen LogP contribution in [0.25, 0.3) is 0 Å². The second kappa shape index (κ2) is 7.87. The van der Waals surface area contributed by atoms with Crippen molar-refractivity contribution in [2.24, 2.45) is 0 Å². The van der Waals surface area contributed by atoms with E-state index in [1.807, 2.05) is 0 Å². The minimum absolute atomic E-state index is 0.0646. The number of hydrogen-bond donors (Lipinski definition) is 3. The van der Waals surface area contributed by atoms with E-state index in [0.29, 0.717) is 0 Å². The first-order valence-electron chi connectivity index (χ1n) is 7.90. The van der Waals surface area contributed by atoms with Crippen molar-refractivity contribution in [2.45, 2.75) is 4.75 Å². The zero-order valence-corrected chi connectivity index (χ0v) is 18.1. The van der Waals surface area contributed by atoms with E-state index in [0.717, 1.165) is 18.2 Å². The molecule has 1 unspecified atom stereocenters. The first-order valence-corrected chi connectivity index (χ1v) is 10.9. The molecule has 0 saturated heterocycles. The summed E-state index contributed by atoms with van der Waals surface area (Å²) < 4.78 is 34.0. The molecule has 0 aliphatic heterocycles. The topological polar surface area (TPSA) is 94.8 Å². The minimum atomic E-state index is -5.05. The van der Waals surface area contributed by atoms with Gasteiger partial charge in [0, 0.05) is 10.6 Å². The first-order chi connectivity index (χ1) is 13.5. The molecule has 3 rings (SSSR count). The Labute approximate surface area is 186 Å². The van der Waals surface area contributed by atoms with Gasteiger partial charge in [0.1, 0.15) is 5.75 Å². The molecule has 1 atom stereocenters. The van der Waals surface area contributed by atoms with Crippen LogP contribution in [-0.2, 0) is 14.9 Å². The minimum Gasteiger partial charge on any atom is -0.506 e. The standard InChI is InChI=1S/C19H12Cl4O5S/c20-12-8-11(6-7-15(12)24)19(29(26,27)28,10-4-2-1-3-5-10)16-13(21)9-14(22)18(25)17(16)23/h1-9,24-25H,(H,26,27,28). The Balaban J connectivity index is 2.62. The Kier molecular flexibility index (Phi) is 5.98. The van der Waals surface area contributed by atoms with Crippen LogP contribution in [0.4, 0.5) is 0 Å². The predicted molar refractivity (Wildman–Crippen MR) is 114 cm³/mol. The molecule has 3 N–H and O–H groups in total. The molecule has 0 aliphatic rings. The zero-order chi connectivity index (χ0) is 21.6. The molecule has 152 valence electrons. The molecule has 0 aliphatic carbocycles. The fraction of sp³-hybridized carbons (Fsp3) is 0.0526. The normalized spacial score (nSPS) is 13.8. The molecular formula is C19H12Cl4O5S. The lowest BCUT2D eigenvalue weighted by Gasteiger charge is -2.34. The maximum atomic E-state index is 13.0. The average molecular weight is 494 g/mol. The number of benzene rings is 3. The third kappa shape index (κ3) is 3.54. The van der Waals surface area contributed by atoms with Crippen molar-refractivity contribution < 1.29 is 23.2 Å². The molecule has 0 spiro atoms. The second-order valence-electron chi connectivity index (χ2n) is 6.07. The van der Waals surface area contributed by atoms with Crippen LogP contribution in [-0.4, -0.2) is 23.2 Å². The van der Waals surface area contributed by atoms with Crippen LogP contribution in [0.3, 0.4) is 0 Å². The van der Waals surface area contributed by atoms with Crippen molar-refractivity contribution in [3.05, 3.63) is 91.4 Å². The zero-order valence-electron chi connectivity index (χ0n) is 14.3. The van der Waals surface area contributed by atoms with Crippen molar-refractivity contribution >= 4 is 56.5 Å². The van der Waals surface area contributed by atoms with Gasteiger partial charge in [-0.15, -0.1) is 0 Å². The molecule has 0 radical (unpaired) electrons. The fourth-order valence-corrected chi connectivity index (χ4v) is 5.85. The summed E-state index contributed by atoms with van der Waals surface area (Å²) in [6, 6.07) is 12.3. The number of rotatable bonds is 4. The quantitative estimate of drug-likeness (QED) is 0.311. The lowest BCUT2D eigenvalue weighted by Crippen LogP contribution is -2.39. The van der Waals surface area contributed by atoms with Gasteiger partial charge in [0.2, 0.25) is 0 Å². The van der Waals surface area contributed by atoms with Crippen LogP contribution in [0.1, 0.15) is 16.7 Å². The van der Waals surface area contributed by atoms with Crippen molar-refractivity contribution in [1.82, 2.24) is 0 Å². The lowest BCUT2D eigenvalue weighted by molar-refractivity contribution is 0.455. The van der Waals surface area contributed by atoms with Crippen LogP contribution in [0.5, 0.6) is 11.5 Å². The highest BCUT2D eigenvalue weighted by molar-refractivity contribution is 7.87. The van der Waals surface area contributed by atoms with E-state index in [2.05, 4.69) is 0 Å². The van der Waals surface area contributed by atoms with Crippen molar-refractivity contribution in [1.29, 1.82) is 0 Å². The molecule has 3 aromatic rings. The summed E-state index contributed by atoms with van der Waals surface area (Å²) in [7, 11) is -5.05. The van der Waals surface area contributed by atoms with Gasteiger partial charge >= 0.3 is 0 Å². The van der Waals surface area contributed by atoms with Crippen molar-refractivity contribution in [3.8, 4) is 11.5 Å². The molecule has 0 bridgehead atoms. The van der Waals surface area contributed by atoms with E-state index in [4.69, 9.17) is 46.4 Å². The van der Waals surface area contributed by atoms with Gasteiger partial charge in [-0.1, -0.05) is 82.8 Å². The third-order valence-corrected chi connectivity index (χ3v) is 7.13. The Morgan fingerprint density at radius 3 is 1.93 bits per heavy atom. The first kappa shape index (κ1) is 22.0. The van der Waals surface area contributed by atoms with E-state index in [9.17, 15) is 23.2 Å². The van der Waals surface area contributed by atoms with Gasteiger partial charge in [-0.05, 0) is 29.3 Å². The van der Waals surface area contributed by atoms with Crippen LogP contribution in [0.2, 0.25) is 20.1 Å². The molecule has 3 aromatic carbocycles. The Morgan fingerprint density at radius 2 is 1.38 bits per heavy atom. The SMILES string of the molecule is O=S(=O)(O)C(c1ccccc1)(c1ccc(O)c(Cl)c1)c1c(Cl)cc(Cl)c(O)c1Cl.